The Morgan fingerprint density at radius 3 is 1.90 bits per heavy atom. The number of benzene rings is 7. The van der Waals surface area contributed by atoms with Gasteiger partial charge in [0.1, 0.15) is 0 Å². The molecular formula is C45H30N2S. The first-order valence-corrected chi connectivity index (χ1v) is 17.3. The number of fused-ring (bicyclic) bond motifs is 6. The molecule has 226 valence electrons. The number of thiophene rings is 1. The van der Waals surface area contributed by atoms with Crippen LogP contribution < -0.4 is 10.2 Å². The zero-order valence-corrected chi connectivity index (χ0v) is 27.0. The lowest BCUT2D eigenvalue weighted by Crippen LogP contribution is -2.09. The number of hydrogen-bond acceptors (Lipinski definition) is 3. The second-order valence-corrected chi connectivity index (χ2v) is 13.6. The Hall–Kier alpha value is -5.90. The maximum atomic E-state index is 3.55. The zero-order valence-electron chi connectivity index (χ0n) is 26.2. The predicted molar refractivity (Wildman–Crippen MR) is 207 cm³/mol. The van der Waals surface area contributed by atoms with Crippen LogP contribution in [0.15, 0.2) is 158 Å². The van der Waals surface area contributed by atoms with E-state index >= 15 is 0 Å². The summed E-state index contributed by atoms with van der Waals surface area (Å²) in [5.74, 6) is 0. The molecule has 2 nitrogen and oxygen atoms in total. The van der Waals surface area contributed by atoms with E-state index < -0.39 is 0 Å². The topological polar surface area (TPSA) is 15.3 Å². The van der Waals surface area contributed by atoms with Crippen molar-refractivity contribution >= 4 is 60.3 Å². The predicted octanol–water partition coefficient (Wildman–Crippen LogP) is 12.9. The van der Waals surface area contributed by atoms with Gasteiger partial charge in [-0.25, -0.2) is 0 Å². The molecule has 0 fully saturated rings. The Balaban J connectivity index is 1.05. The third-order valence-electron chi connectivity index (χ3n) is 9.83. The molecule has 0 amide bonds. The van der Waals surface area contributed by atoms with E-state index in [0.29, 0.717) is 0 Å². The molecule has 3 heteroatoms. The molecule has 0 spiro atoms. The molecular weight excluding hydrogens is 601 g/mol. The molecule has 10 rings (SSSR count). The Bertz CT molecular complexity index is 2540. The first kappa shape index (κ1) is 27.2. The summed E-state index contributed by atoms with van der Waals surface area (Å²) in [6.45, 7) is 0.881. The summed E-state index contributed by atoms with van der Waals surface area (Å²) < 4.78 is 1.29. The van der Waals surface area contributed by atoms with Gasteiger partial charge in [-0.2, -0.15) is 0 Å². The number of hydrogen-bond donors (Lipinski definition) is 1. The second kappa shape index (κ2) is 10.8. The third kappa shape index (κ3) is 4.32. The third-order valence-corrected chi connectivity index (χ3v) is 11.0. The van der Waals surface area contributed by atoms with Crippen LogP contribution in [0.5, 0.6) is 0 Å². The smallest absolute Gasteiger partial charge is 0.0971 e. The lowest BCUT2D eigenvalue weighted by molar-refractivity contribution is 1.29. The normalized spacial score (nSPS) is 12.6. The van der Waals surface area contributed by atoms with Crippen LogP contribution in [-0.4, -0.2) is 6.54 Å². The molecule has 0 bridgehead atoms. The zero-order chi connectivity index (χ0) is 31.6. The standard InChI is InChI=1S/C45H30N2S/c1-2-7-29(8-3-1)30-14-19-34(20-15-30)47(36-23-25-38-41-13-6-26-46-45(41)48-43(38)28-36)35-21-16-31(17-22-35)33-18-24-37-39-11-4-9-32-10-5-12-40(44(32)39)42(37)27-33/h1-25,27-28,46H,26H2. The Kier molecular flexibility index (Phi) is 6.15. The van der Waals surface area contributed by atoms with Gasteiger partial charge in [-0.3, -0.25) is 0 Å². The molecule has 0 unspecified atom stereocenters. The minimum atomic E-state index is 0.881. The Morgan fingerprint density at radius 1 is 0.500 bits per heavy atom. The number of nitrogens with zero attached hydrogens (tertiary/aromatic N) is 1. The highest BCUT2D eigenvalue weighted by Gasteiger charge is 2.22. The van der Waals surface area contributed by atoms with E-state index in [1.54, 1.807) is 0 Å². The lowest BCUT2D eigenvalue weighted by atomic mass is 9.97. The van der Waals surface area contributed by atoms with Gasteiger partial charge in [0.2, 0.25) is 0 Å². The van der Waals surface area contributed by atoms with E-state index in [2.05, 4.69) is 174 Å². The van der Waals surface area contributed by atoms with Crippen molar-refractivity contribution in [2.24, 2.45) is 0 Å². The fraction of sp³-hybridized carbons (Fsp3) is 0.0222. The van der Waals surface area contributed by atoms with Crippen LogP contribution in [0.4, 0.5) is 22.1 Å². The highest BCUT2D eigenvalue weighted by atomic mass is 32.1. The summed E-state index contributed by atoms with van der Waals surface area (Å²) in [7, 11) is 0. The Labute approximate surface area is 283 Å². The van der Waals surface area contributed by atoms with Crippen molar-refractivity contribution in [3.05, 3.63) is 163 Å². The van der Waals surface area contributed by atoms with E-state index in [9.17, 15) is 0 Å². The van der Waals surface area contributed by atoms with E-state index in [1.807, 2.05) is 11.3 Å². The molecule has 2 aliphatic rings. The maximum absolute atomic E-state index is 3.55. The SMILES string of the molecule is C1=Cc2c(sc3cc(N(c4ccc(-c5ccccc5)cc4)c4ccc(-c5ccc6c(c5)-c5cccc7cccc-6c57)cc4)ccc23)NC1. The number of nitrogens with one attached hydrogen (secondary N) is 1. The van der Waals surface area contributed by atoms with Gasteiger partial charge >= 0.3 is 0 Å². The molecule has 0 radical (unpaired) electrons. The second-order valence-electron chi connectivity index (χ2n) is 12.6. The number of anilines is 4. The largest absolute Gasteiger partial charge is 0.373 e. The van der Waals surface area contributed by atoms with Crippen molar-refractivity contribution in [2.45, 2.75) is 0 Å². The average molecular weight is 631 g/mol. The monoisotopic (exact) mass is 630 g/mol. The van der Waals surface area contributed by atoms with Gasteiger partial charge in [0.05, 0.1) is 5.00 Å². The molecule has 0 atom stereocenters. The summed E-state index contributed by atoms with van der Waals surface area (Å²) in [4.78, 5) is 2.38. The first-order chi connectivity index (χ1) is 23.8. The highest BCUT2D eigenvalue weighted by Crippen LogP contribution is 2.48. The molecule has 2 heterocycles. The molecule has 8 aromatic rings. The van der Waals surface area contributed by atoms with Crippen molar-refractivity contribution in [1.29, 1.82) is 0 Å². The molecule has 1 aliphatic heterocycles. The highest BCUT2D eigenvalue weighted by molar-refractivity contribution is 7.23. The summed E-state index contributed by atoms with van der Waals surface area (Å²) in [5, 5.41) is 8.77. The molecule has 1 N–H and O–H groups in total. The van der Waals surface area contributed by atoms with E-state index in [0.717, 1.165) is 23.6 Å². The van der Waals surface area contributed by atoms with Crippen LogP contribution in [0, 0.1) is 0 Å². The van der Waals surface area contributed by atoms with Gasteiger partial charge < -0.3 is 10.2 Å². The van der Waals surface area contributed by atoms with Crippen molar-refractivity contribution in [3.8, 4) is 44.5 Å². The molecule has 1 aromatic heterocycles. The van der Waals surface area contributed by atoms with Crippen LogP contribution in [0.1, 0.15) is 5.56 Å². The molecule has 1 aliphatic carbocycles. The maximum Gasteiger partial charge on any atom is 0.0971 e. The van der Waals surface area contributed by atoms with Crippen LogP contribution >= 0.6 is 11.3 Å². The molecule has 0 saturated heterocycles. The van der Waals surface area contributed by atoms with Crippen LogP contribution in [0.2, 0.25) is 0 Å². The van der Waals surface area contributed by atoms with Crippen molar-refractivity contribution < 1.29 is 0 Å². The van der Waals surface area contributed by atoms with E-state index in [-0.39, 0.29) is 0 Å². The van der Waals surface area contributed by atoms with Crippen molar-refractivity contribution in [1.82, 2.24) is 0 Å². The fourth-order valence-electron chi connectivity index (χ4n) is 7.52. The van der Waals surface area contributed by atoms with Gasteiger partial charge in [0, 0.05) is 39.3 Å². The van der Waals surface area contributed by atoms with Gasteiger partial charge in [-0.15, -0.1) is 11.3 Å². The molecule has 7 aromatic carbocycles. The summed E-state index contributed by atoms with van der Waals surface area (Å²) in [6, 6.07) is 55.7. The Morgan fingerprint density at radius 2 is 1.15 bits per heavy atom. The van der Waals surface area contributed by atoms with Gasteiger partial charge in [-0.1, -0.05) is 121 Å². The van der Waals surface area contributed by atoms with E-state index in [1.165, 1.54) is 75.9 Å². The first-order valence-electron chi connectivity index (χ1n) is 16.5. The van der Waals surface area contributed by atoms with Crippen LogP contribution in [0.25, 0.3) is 71.4 Å². The van der Waals surface area contributed by atoms with E-state index in [4.69, 9.17) is 0 Å². The molecule has 48 heavy (non-hydrogen) atoms. The van der Waals surface area contributed by atoms with Gasteiger partial charge in [0.15, 0.2) is 0 Å². The van der Waals surface area contributed by atoms with Crippen LogP contribution in [0.3, 0.4) is 0 Å². The summed E-state index contributed by atoms with van der Waals surface area (Å²) in [6.07, 6.45) is 4.45. The van der Waals surface area contributed by atoms with Crippen LogP contribution in [-0.2, 0) is 0 Å². The average Bonchev–Trinajstić information content (AvgIpc) is 3.69. The minimum Gasteiger partial charge on any atom is -0.373 e. The van der Waals surface area contributed by atoms with Gasteiger partial charge in [0.25, 0.3) is 0 Å². The van der Waals surface area contributed by atoms with Crippen molar-refractivity contribution in [3.63, 3.8) is 0 Å². The van der Waals surface area contributed by atoms with Gasteiger partial charge in [-0.05, 0) is 97.7 Å². The summed E-state index contributed by atoms with van der Waals surface area (Å²) in [5.41, 5.74) is 14.9. The summed E-state index contributed by atoms with van der Waals surface area (Å²) >= 11 is 1.84. The minimum absolute atomic E-state index is 0.881. The molecule has 0 saturated carbocycles. The quantitative estimate of drug-likeness (QED) is 0.204. The lowest BCUT2D eigenvalue weighted by Gasteiger charge is -2.26. The van der Waals surface area contributed by atoms with Crippen molar-refractivity contribution in [2.75, 3.05) is 16.8 Å². The fourth-order valence-corrected chi connectivity index (χ4v) is 8.66. The number of rotatable bonds is 5.